The van der Waals surface area contributed by atoms with Crippen LogP contribution < -0.4 is 5.32 Å². The summed E-state index contributed by atoms with van der Waals surface area (Å²) in [5.41, 5.74) is -1.97. The number of rotatable bonds is 4. The number of nitrogens with one attached hydrogen (secondary N) is 1. The van der Waals surface area contributed by atoms with Crippen LogP contribution in [-0.2, 0) is 6.18 Å². The monoisotopic (exact) mass is 505 g/mol. The van der Waals surface area contributed by atoms with Gasteiger partial charge in [-0.05, 0) is 25.1 Å². The van der Waals surface area contributed by atoms with Crippen molar-refractivity contribution in [2.24, 2.45) is 0 Å². The zero-order valence-electron chi connectivity index (χ0n) is 17.5. The maximum Gasteiger partial charge on any atom is 0.434 e. The Morgan fingerprint density at radius 3 is 2.57 bits per heavy atom. The van der Waals surface area contributed by atoms with Crippen LogP contribution in [0.25, 0.3) is 17.3 Å². The first-order valence-corrected chi connectivity index (χ1v) is 10.2. The summed E-state index contributed by atoms with van der Waals surface area (Å²) in [6.07, 6.45) is 1.13. The first kappa shape index (κ1) is 22.5. The van der Waals surface area contributed by atoms with Gasteiger partial charge in [0, 0.05) is 12.4 Å². The van der Waals surface area contributed by atoms with Crippen LogP contribution in [0.3, 0.4) is 0 Å². The fourth-order valence-electron chi connectivity index (χ4n) is 3.45. The van der Waals surface area contributed by atoms with E-state index in [0.29, 0.717) is 4.68 Å². The lowest BCUT2D eigenvalue weighted by molar-refractivity contribution is -0.143. The average Bonchev–Trinajstić information content (AvgIpc) is 3.56. The molecule has 1 amide bonds. The number of alkyl halides is 3. The molecule has 0 bridgehead atoms. The molecule has 0 aliphatic carbocycles. The van der Waals surface area contributed by atoms with E-state index >= 15 is 0 Å². The molecular formula is C20H12ClF4N9O. The molecule has 5 heterocycles. The van der Waals surface area contributed by atoms with Crippen LogP contribution in [0.5, 0.6) is 0 Å². The standard InChI is InChI=1S/C20H12ClF4N9O/c1-10-14(8-12(21)17(30-10)34-27-4-5-28-34)31-19(35)11-9-29-33(16(11)20(23,24)25)15-3-2-13(22)18-26-6-7-32(15)18/h2-9H,1H3,(H,31,35). The number of halogens is 5. The Balaban J connectivity index is 1.55. The van der Waals surface area contributed by atoms with Gasteiger partial charge in [0.05, 0.1) is 40.6 Å². The third kappa shape index (κ3) is 3.86. The van der Waals surface area contributed by atoms with Crippen molar-refractivity contribution >= 4 is 28.8 Å². The van der Waals surface area contributed by atoms with Gasteiger partial charge in [-0.2, -0.15) is 28.5 Å². The van der Waals surface area contributed by atoms with Crippen molar-refractivity contribution in [3.8, 4) is 11.6 Å². The predicted molar refractivity (Wildman–Crippen MR) is 114 cm³/mol. The first-order chi connectivity index (χ1) is 16.6. The molecule has 0 unspecified atom stereocenters. The van der Waals surface area contributed by atoms with Crippen molar-refractivity contribution < 1.29 is 22.4 Å². The number of amides is 1. The number of aromatic nitrogens is 8. The SMILES string of the molecule is Cc1nc(-n2nccn2)c(Cl)cc1NC(=O)c1cnn(-c2ccc(F)c3nccn23)c1C(F)(F)F. The van der Waals surface area contributed by atoms with Crippen molar-refractivity contribution in [3.63, 3.8) is 0 Å². The molecule has 0 radical (unpaired) electrons. The van der Waals surface area contributed by atoms with Crippen molar-refractivity contribution in [2.75, 3.05) is 5.32 Å². The highest BCUT2D eigenvalue weighted by atomic mass is 35.5. The van der Waals surface area contributed by atoms with Crippen LogP contribution >= 0.6 is 11.6 Å². The second-order valence-electron chi connectivity index (χ2n) is 7.18. The number of aryl methyl sites for hydroxylation is 1. The maximum atomic E-state index is 14.1. The van der Waals surface area contributed by atoms with Gasteiger partial charge >= 0.3 is 6.18 Å². The molecule has 10 nitrogen and oxygen atoms in total. The highest BCUT2D eigenvalue weighted by Crippen LogP contribution is 2.34. The minimum atomic E-state index is -4.98. The molecule has 0 aromatic carbocycles. The number of hydrogen-bond acceptors (Lipinski definition) is 6. The highest BCUT2D eigenvalue weighted by Gasteiger charge is 2.41. The van der Waals surface area contributed by atoms with E-state index in [1.807, 2.05) is 0 Å². The summed E-state index contributed by atoms with van der Waals surface area (Å²) in [5.74, 6) is -1.82. The molecule has 35 heavy (non-hydrogen) atoms. The van der Waals surface area contributed by atoms with Crippen molar-refractivity contribution in [3.05, 3.63) is 77.0 Å². The summed E-state index contributed by atoms with van der Waals surface area (Å²) in [5, 5.41) is 14.1. The lowest BCUT2D eigenvalue weighted by atomic mass is 10.2. The second kappa shape index (κ2) is 8.16. The lowest BCUT2D eigenvalue weighted by Gasteiger charge is -2.15. The van der Waals surface area contributed by atoms with E-state index in [-0.39, 0.29) is 33.7 Å². The Morgan fingerprint density at radius 1 is 1.11 bits per heavy atom. The molecule has 0 saturated heterocycles. The molecule has 0 spiro atoms. The Labute approximate surface area is 197 Å². The van der Waals surface area contributed by atoms with E-state index in [4.69, 9.17) is 11.6 Å². The van der Waals surface area contributed by atoms with E-state index in [1.165, 1.54) is 37.8 Å². The molecule has 0 fully saturated rings. The average molecular weight is 506 g/mol. The van der Waals surface area contributed by atoms with E-state index in [1.54, 1.807) is 0 Å². The van der Waals surface area contributed by atoms with Crippen LogP contribution in [0.1, 0.15) is 21.7 Å². The Kier molecular flexibility index (Phi) is 5.24. The molecule has 5 aromatic rings. The van der Waals surface area contributed by atoms with Crippen molar-refractivity contribution in [1.29, 1.82) is 0 Å². The number of carbonyl (C=O) groups is 1. The molecule has 0 atom stereocenters. The zero-order chi connectivity index (χ0) is 24.9. The fraction of sp³-hybridized carbons (Fsp3) is 0.100. The minimum absolute atomic E-state index is 0.0580. The number of carbonyl (C=O) groups excluding carboxylic acids is 1. The van der Waals surface area contributed by atoms with Gasteiger partial charge in [0.2, 0.25) is 0 Å². The van der Waals surface area contributed by atoms with Crippen LogP contribution in [0.4, 0.5) is 23.2 Å². The molecule has 0 aliphatic rings. The number of pyridine rings is 2. The summed E-state index contributed by atoms with van der Waals surface area (Å²) < 4.78 is 57.9. The highest BCUT2D eigenvalue weighted by molar-refractivity contribution is 6.32. The predicted octanol–water partition coefficient (Wildman–Crippen LogP) is 3.87. The zero-order valence-corrected chi connectivity index (χ0v) is 18.3. The van der Waals surface area contributed by atoms with Crippen LogP contribution in [0.15, 0.2) is 49.2 Å². The maximum absolute atomic E-state index is 14.1. The lowest BCUT2D eigenvalue weighted by Crippen LogP contribution is -2.22. The second-order valence-corrected chi connectivity index (χ2v) is 7.58. The Morgan fingerprint density at radius 2 is 1.86 bits per heavy atom. The van der Waals surface area contributed by atoms with Gasteiger partial charge in [0.15, 0.2) is 23.0 Å². The van der Waals surface area contributed by atoms with Gasteiger partial charge in [0.25, 0.3) is 5.91 Å². The third-order valence-electron chi connectivity index (χ3n) is 4.98. The van der Waals surface area contributed by atoms with E-state index in [2.05, 4.69) is 30.6 Å². The molecule has 5 aromatic heterocycles. The molecular weight excluding hydrogens is 494 g/mol. The van der Waals surface area contributed by atoms with Crippen LogP contribution in [-0.4, -0.2) is 45.1 Å². The normalized spacial score (nSPS) is 11.8. The number of fused-ring (bicyclic) bond motifs is 1. The van der Waals surface area contributed by atoms with Crippen LogP contribution in [0, 0.1) is 12.7 Å². The first-order valence-electron chi connectivity index (χ1n) is 9.77. The molecule has 5 rings (SSSR count). The van der Waals surface area contributed by atoms with E-state index < -0.39 is 29.2 Å². The van der Waals surface area contributed by atoms with Gasteiger partial charge < -0.3 is 5.32 Å². The number of imidazole rings is 1. The molecule has 15 heteroatoms. The van der Waals surface area contributed by atoms with Crippen molar-refractivity contribution in [1.82, 2.24) is 39.1 Å². The molecule has 1 N–H and O–H groups in total. The van der Waals surface area contributed by atoms with E-state index in [9.17, 15) is 22.4 Å². The third-order valence-corrected chi connectivity index (χ3v) is 5.26. The number of hydrogen-bond donors (Lipinski definition) is 1. The largest absolute Gasteiger partial charge is 0.434 e. The molecule has 0 saturated carbocycles. The van der Waals surface area contributed by atoms with Crippen LogP contribution in [0.2, 0.25) is 5.02 Å². The van der Waals surface area contributed by atoms with Gasteiger partial charge in [-0.1, -0.05) is 11.6 Å². The summed E-state index contributed by atoms with van der Waals surface area (Å²) in [6, 6.07) is 3.39. The Bertz CT molecular complexity index is 1570. The topological polar surface area (TPSA) is 108 Å². The molecule has 0 aliphatic heterocycles. The summed E-state index contributed by atoms with van der Waals surface area (Å²) in [7, 11) is 0. The quantitative estimate of drug-likeness (QED) is 0.372. The summed E-state index contributed by atoms with van der Waals surface area (Å²) in [6.45, 7) is 1.53. The van der Waals surface area contributed by atoms with Gasteiger partial charge in [-0.15, -0.1) is 4.80 Å². The van der Waals surface area contributed by atoms with E-state index in [0.717, 1.165) is 27.5 Å². The van der Waals surface area contributed by atoms with Crippen molar-refractivity contribution in [2.45, 2.75) is 13.1 Å². The minimum Gasteiger partial charge on any atom is -0.320 e. The Hall–Kier alpha value is -4.33. The summed E-state index contributed by atoms with van der Waals surface area (Å²) in [4.78, 5) is 22.1. The molecule has 178 valence electrons. The summed E-state index contributed by atoms with van der Waals surface area (Å²) >= 11 is 6.22. The smallest absolute Gasteiger partial charge is 0.320 e. The van der Waals surface area contributed by atoms with Gasteiger partial charge in [0.1, 0.15) is 5.82 Å². The van der Waals surface area contributed by atoms with Gasteiger partial charge in [-0.25, -0.2) is 19.0 Å². The number of anilines is 1. The van der Waals surface area contributed by atoms with Gasteiger partial charge in [-0.3, -0.25) is 9.20 Å². The number of nitrogens with zero attached hydrogens (tertiary/aromatic N) is 8. The fourth-order valence-corrected chi connectivity index (χ4v) is 3.68.